The first-order valence-corrected chi connectivity index (χ1v) is 12.7. The van der Waals surface area contributed by atoms with Crippen LogP contribution in [-0.4, -0.2) is 49.1 Å². The molecule has 37 heavy (non-hydrogen) atoms. The molecular weight excluding hydrogens is 471 g/mol. The fraction of sp³-hybridized carbons (Fsp3) is 0.296. The molecule has 1 aliphatic carbocycles. The summed E-state index contributed by atoms with van der Waals surface area (Å²) in [6, 6.07) is 7.13. The van der Waals surface area contributed by atoms with Gasteiger partial charge in [0, 0.05) is 42.4 Å². The lowest BCUT2D eigenvalue weighted by Gasteiger charge is -2.28. The topological polar surface area (TPSA) is 115 Å². The van der Waals surface area contributed by atoms with Crippen LogP contribution < -0.4 is 10.2 Å². The number of H-pyrrole nitrogens is 2. The molecule has 7 rings (SSSR count). The summed E-state index contributed by atoms with van der Waals surface area (Å²) in [4.78, 5) is 31.4. The maximum atomic E-state index is 15.2. The zero-order valence-corrected chi connectivity index (χ0v) is 20.1. The van der Waals surface area contributed by atoms with E-state index in [1.807, 2.05) is 18.2 Å². The van der Waals surface area contributed by atoms with Gasteiger partial charge in [0.2, 0.25) is 5.91 Å². The van der Waals surface area contributed by atoms with Crippen LogP contribution >= 0.6 is 0 Å². The number of hydrogen-bond acceptors (Lipinski definition) is 6. The molecule has 4 aromatic heterocycles. The molecule has 1 aromatic carbocycles. The lowest BCUT2D eigenvalue weighted by atomic mass is 10.0. The van der Waals surface area contributed by atoms with Gasteiger partial charge in [-0.1, -0.05) is 0 Å². The number of rotatable bonds is 5. The van der Waals surface area contributed by atoms with Crippen molar-refractivity contribution >= 4 is 39.3 Å². The Morgan fingerprint density at radius 1 is 1.08 bits per heavy atom. The van der Waals surface area contributed by atoms with Gasteiger partial charge in [0.1, 0.15) is 16.7 Å². The molecule has 5 heterocycles. The fourth-order valence-corrected chi connectivity index (χ4v) is 5.09. The molecule has 0 radical (unpaired) electrons. The Bertz CT molecular complexity index is 1650. The van der Waals surface area contributed by atoms with E-state index in [9.17, 15) is 4.79 Å². The quantitative estimate of drug-likeness (QED) is 0.314. The number of nitrogens with one attached hydrogen (secondary N) is 3. The molecule has 0 atom stereocenters. The summed E-state index contributed by atoms with van der Waals surface area (Å²) >= 11 is 0. The van der Waals surface area contributed by atoms with Gasteiger partial charge < -0.3 is 15.2 Å². The number of anilines is 2. The molecule has 1 saturated carbocycles. The van der Waals surface area contributed by atoms with Crippen molar-refractivity contribution in [2.45, 2.75) is 32.1 Å². The summed E-state index contributed by atoms with van der Waals surface area (Å²) in [7, 11) is 0. The van der Waals surface area contributed by atoms with Crippen molar-refractivity contribution in [3.8, 4) is 22.6 Å². The first kappa shape index (κ1) is 21.9. The number of hydrogen-bond donors (Lipinski definition) is 3. The van der Waals surface area contributed by atoms with Gasteiger partial charge in [0.05, 0.1) is 17.6 Å². The van der Waals surface area contributed by atoms with Crippen molar-refractivity contribution in [1.29, 1.82) is 0 Å². The number of carbonyl (C=O) groups is 1. The van der Waals surface area contributed by atoms with Crippen molar-refractivity contribution in [2.75, 3.05) is 23.3 Å². The molecule has 0 unspecified atom stereocenters. The van der Waals surface area contributed by atoms with Gasteiger partial charge in [-0.3, -0.25) is 14.9 Å². The third-order valence-corrected chi connectivity index (χ3v) is 7.20. The number of imidazole rings is 1. The number of nitrogens with zero attached hydrogens (tertiary/aromatic N) is 5. The van der Waals surface area contributed by atoms with Crippen LogP contribution in [0, 0.1) is 11.7 Å². The first-order valence-electron chi connectivity index (χ1n) is 12.7. The Morgan fingerprint density at radius 2 is 1.95 bits per heavy atom. The molecule has 5 aromatic rings. The van der Waals surface area contributed by atoms with E-state index in [1.165, 1.54) is 25.3 Å². The number of benzene rings is 1. The summed E-state index contributed by atoms with van der Waals surface area (Å²) in [5.74, 6) is 0.181. The van der Waals surface area contributed by atoms with Gasteiger partial charge in [-0.05, 0) is 61.9 Å². The third-order valence-electron chi connectivity index (χ3n) is 7.20. The first-order chi connectivity index (χ1) is 18.1. The highest BCUT2D eigenvalue weighted by molar-refractivity contribution is 5.98. The Kier molecular flexibility index (Phi) is 5.12. The fourth-order valence-electron chi connectivity index (χ4n) is 5.09. The largest absolute Gasteiger partial charge is 0.370 e. The summed E-state index contributed by atoms with van der Waals surface area (Å²) in [6.07, 6.45) is 10.4. The minimum Gasteiger partial charge on any atom is -0.370 e. The molecule has 2 fully saturated rings. The molecule has 1 amide bonds. The molecule has 1 aliphatic heterocycles. The number of fused-ring (bicyclic) bond motifs is 2. The number of amides is 1. The lowest BCUT2D eigenvalue weighted by Crippen LogP contribution is -2.29. The monoisotopic (exact) mass is 496 g/mol. The Balaban J connectivity index is 1.28. The Hall–Kier alpha value is -4.34. The molecule has 10 heteroatoms. The highest BCUT2D eigenvalue weighted by atomic mass is 19.1. The molecule has 186 valence electrons. The van der Waals surface area contributed by atoms with Crippen molar-refractivity contribution in [2.24, 2.45) is 5.92 Å². The van der Waals surface area contributed by atoms with E-state index in [0.29, 0.717) is 39.4 Å². The highest BCUT2D eigenvalue weighted by Gasteiger charge is 2.29. The predicted molar refractivity (Wildman–Crippen MR) is 140 cm³/mol. The minimum atomic E-state index is -0.453. The number of aromatic amines is 2. The summed E-state index contributed by atoms with van der Waals surface area (Å²) in [5.41, 5.74) is 5.29. The SMILES string of the molecule is O=C(Nc1cncc(-c2cc(F)c3n[nH]c(-c4nc5nccc(N6CCCCC6)c5[nH]4)c3c2)c1)C1CC1. The van der Waals surface area contributed by atoms with Crippen LogP contribution in [0.5, 0.6) is 0 Å². The summed E-state index contributed by atoms with van der Waals surface area (Å²) < 4.78 is 15.2. The number of carbonyl (C=O) groups excluding carboxylic acids is 1. The maximum Gasteiger partial charge on any atom is 0.227 e. The second-order valence-electron chi connectivity index (χ2n) is 9.84. The summed E-state index contributed by atoms with van der Waals surface area (Å²) in [6.45, 7) is 2.01. The van der Waals surface area contributed by atoms with Crippen LogP contribution in [-0.2, 0) is 4.79 Å². The second kappa shape index (κ2) is 8.65. The van der Waals surface area contributed by atoms with Gasteiger partial charge in [0.25, 0.3) is 0 Å². The van der Waals surface area contributed by atoms with Crippen LogP contribution in [0.15, 0.2) is 42.9 Å². The zero-order valence-electron chi connectivity index (χ0n) is 20.1. The van der Waals surface area contributed by atoms with Gasteiger partial charge >= 0.3 is 0 Å². The minimum absolute atomic E-state index is 0.000112. The number of aromatic nitrogens is 6. The van der Waals surface area contributed by atoms with Gasteiger partial charge in [-0.15, -0.1) is 0 Å². The van der Waals surface area contributed by atoms with Crippen molar-refractivity contribution in [3.05, 3.63) is 48.7 Å². The molecule has 1 saturated heterocycles. The van der Waals surface area contributed by atoms with E-state index in [-0.39, 0.29) is 17.3 Å². The van der Waals surface area contributed by atoms with E-state index in [4.69, 9.17) is 4.98 Å². The van der Waals surface area contributed by atoms with Crippen LogP contribution in [0.1, 0.15) is 32.1 Å². The number of piperidine rings is 1. The normalized spacial score (nSPS) is 16.0. The molecular formula is C27H25FN8O. The number of pyridine rings is 2. The van der Waals surface area contributed by atoms with Gasteiger partial charge in [-0.25, -0.2) is 14.4 Å². The molecule has 2 aliphatic rings. The smallest absolute Gasteiger partial charge is 0.227 e. The van der Waals surface area contributed by atoms with E-state index >= 15 is 4.39 Å². The Morgan fingerprint density at radius 3 is 2.78 bits per heavy atom. The Labute approximate surface area is 211 Å². The second-order valence-corrected chi connectivity index (χ2v) is 9.84. The van der Waals surface area contributed by atoms with Gasteiger partial charge in [-0.2, -0.15) is 5.10 Å². The van der Waals surface area contributed by atoms with Crippen molar-refractivity contribution in [1.82, 2.24) is 30.1 Å². The molecule has 0 bridgehead atoms. The average Bonchev–Trinajstić information content (AvgIpc) is 3.55. The molecule has 0 spiro atoms. The van der Waals surface area contributed by atoms with Crippen molar-refractivity contribution < 1.29 is 9.18 Å². The highest BCUT2D eigenvalue weighted by Crippen LogP contribution is 2.35. The lowest BCUT2D eigenvalue weighted by molar-refractivity contribution is -0.117. The van der Waals surface area contributed by atoms with E-state index in [1.54, 1.807) is 18.6 Å². The summed E-state index contributed by atoms with van der Waals surface area (Å²) in [5, 5.41) is 10.7. The maximum absolute atomic E-state index is 15.2. The molecule has 9 nitrogen and oxygen atoms in total. The van der Waals surface area contributed by atoms with Crippen LogP contribution in [0.25, 0.3) is 44.7 Å². The van der Waals surface area contributed by atoms with E-state index in [2.05, 4.69) is 35.4 Å². The zero-order chi connectivity index (χ0) is 24.9. The van der Waals surface area contributed by atoms with Crippen LogP contribution in [0.3, 0.4) is 0 Å². The van der Waals surface area contributed by atoms with E-state index in [0.717, 1.165) is 37.1 Å². The van der Waals surface area contributed by atoms with Crippen LogP contribution in [0.2, 0.25) is 0 Å². The van der Waals surface area contributed by atoms with Crippen molar-refractivity contribution in [3.63, 3.8) is 0 Å². The number of halogens is 1. The average molecular weight is 497 g/mol. The predicted octanol–water partition coefficient (Wildman–Crippen LogP) is 5.04. The van der Waals surface area contributed by atoms with Gasteiger partial charge in [0.15, 0.2) is 17.3 Å². The standard InChI is InChI=1S/C27H25FN8O/c28-20-12-16(17-10-18(14-29-13-17)31-27(37)15-4-5-15)11-19-22(20)34-35-23(19)26-32-24-21(6-7-30-25(24)33-26)36-8-2-1-3-9-36/h6-7,10-15H,1-5,8-9H2,(H,31,37)(H,34,35)(H,30,32,33). The third kappa shape index (κ3) is 3.98. The molecule has 3 N–H and O–H groups in total. The van der Waals surface area contributed by atoms with E-state index < -0.39 is 5.82 Å². The van der Waals surface area contributed by atoms with Crippen LogP contribution in [0.4, 0.5) is 15.8 Å².